The highest BCUT2D eigenvalue weighted by Crippen LogP contribution is 2.40. The van der Waals surface area contributed by atoms with Gasteiger partial charge in [0.05, 0.1) is 50.6 Å². The first-order valence-electron chi connectivity index (χ1n) is 12.7. The number of aromatic nitrogens is 1. The number of nitrogens with zero attached hydrogens (tertiary/aromatic N) is 3. The number of rotatable bonds is 7. The molecule has 4 aromatic rings. The van der Waals surface area contributed by atoms with E-state index in [1.807, 2.05) is 11.2 Å². The summed E-state index contributed by atoms with van der Waals surface area (Å²) in [6.07, 6.45) is 5.29. The molecular weight excluding hydrogens is 595 g/mol. The van der Waals surface area contributed by atoms with Crippen LogP contribution in [0.15, 0.2) is 66.6 Å². The highest BCUT2D eigenvalue weighted by atomic mass is 35.5. The summed E-state index contributed by atoms with van der Waals surface area (Å²) >= 11 is 25.3. The summed E-state index contributed by atoms with van der Waals surface area (Å²) in [5, 5.41) is 18.9. The maximum Gasteiger partial charge on any atom is 0.166 e. The maximum absolute atomic E-state index is 15.0. The van der Waals surface area contributed by atoms with Crippen LogP contribution in [0.1, 0.15) is 31.4 Å². The summed E-state index contributed by atoms with van der Waals surface area (Å²) in [4.78, 5) is 4.36. The SMILES string of the molecule is [2H][C@](Nc1cc(Cl)c2ncc(C#N)c(Nc3ccc(Cl)c(Cl)c3F)c2c1)(C1=CN(C2CC2)NN1)c1ccccc1Cl. The molecule has 4 N–H and O–H groups in total. The van der Waals surface area contributed by atoms with E-state index in [0.29, 0.717) is 38.9 Å². The van der Waals surface area contributed by atoms with Crippen LogP contribution >= 0.6 is 46.4 Å². The van der Waals surface area contributed by atoms with E-state index in [-0.39, 0.29) is 32.0 Å². The Hall–Kier alpha value is -3.45. The van der Waals surface area contributed by atoms with Gasteiger partial charge in [0, 0.05) is 34.5 Å². The van der Waals surface area contributed by atoms with Gasteiger partial charge < -0.3 is 16.1 Å². The first-order valence-corrected chi connectivity index (χ1v) is 13.7. The van der Waals surface area contributed by atoms with Crippen LogP contribution in [-0.4, -0.2) is 16.0 Å². The molecule has 0 spiro atoms. The van der Waals surface area contributed by atoms with Gasteiger partial charge in [-0.1, -0.05) is 64.6 Å². The molecule has 1 atom stereocenters. The van der Waals surface area contributed by atoms with Crippen LogP contribution in [-0.2, 0) is 0 Å². The minimum Gasteiger partial charge on any atom is -0.373 e. The lowest BCUT2D eigenvalue weighted by Crippen LogP contribution is -2.38. The quantitative estimate of drug-likeness (QED) is 0.156. The molecule has 3 aromatic carbocycles. The van der Waals surface area contributed by atoms with Gasteiger partial charge in [-0.3, -0.25) is 9.99 Å². The smallest absolute Gasteiger partial charge is 0.166 e. The predicted molar refractivity (Wildman–Crippen MR) is 158 cm³/mol. The first-order chi connectivity index (χ1) is 19.7. The van der Waals surface area contributed by atoms with Gasteiger partial charge in [0.2, 0.25) is 0 Å². The lowest BCUT2D eigenvalue weighted by atomic mass is 10.0. The topological polar surface area (TPSA) is 88.0 Å². The van der Waals surface area contributed by atoms with Gasteiger partial charge in [-0.2, -0.15) is 5.26 Å². The van der Waals surface area contributed by atoms with Gasteiger partial charge in [0.25, 0.3) is 0 Å². The number of hydrazine groups is 2. The van der Waals surface area contributed by atoms with Crippen molar-refractivity contribution in [1.82, 2.24) is 21.0 Å². The van der Waals surface area contributed by atoms with Crippen molar-refractivity contribution in [3.63, 3.8) is 0 Å². The number of hydrogen-bond donors (Lipinski definition) is 4. The number of nitriles is 1. The second-order valence-corrected chi connectivity index (χ2v) is 10.9. The molecule has 0 saturated heterocycles. The van der Waals surface area contributed by atoms with Crippen LogP contribution in [0.5, 0.6) is 0 Å². The van der Waals surface area contributed by atoms with Crippen molar-refractivity contribution in [2.75, 3.05) is 10.6 Å². The van der Waals surface area contributed by atoms with Crippen molar-refractivity contribution in [2.45, 2.75) is 24.9 Å². The third-order valence-electron chi connectivity index (χ3n) is 6.55. The Balaban J connectivity index is 1.48. The molecule has 0 unspecified atom stereocenters. The summed E-state index contributed by atoms with van der Waals surface area (Å²) < 4.78 is 24.6. The van der Waals surface area contributed by atoms with E-state index in [0.717, 1.165) is 12.8 Å². The summed E-state index contributed by atoms with van der Waals surface area (Å²) in [7, 11) is 0. The number of hydrogen-bond acceptors (Lipinski definition) is 7. The molecule has 2 heterocycles. The lowest BCUT2D eigenvalue weighted by molar-refractivity contribution is 0.260. The Bertz CT molecular complexity index is 1780. The zero-order valence-electron chi connectivity index (χ0n) is 21.5. The van der Waals surface area contributed by atoms with Crippen molar-refractivity contribution in [3.8, 4) is 6.07 Å². The number of nitrogens with one attached hydrogen (secondary N) is 4. The third kappa shape index (κ3) is 5.07. The number of pyridine rings is 1. The molecule has 6 rings (SSSR count). The number of fused-ring (bicyclic) bond motifs is 1. The summed E-state index contributed by atoms with van der Waals surface area (Å²) in [5.74, 6) is -0.774. The van der Waals surface area contributed by atoms with Crippen molar-refractivity contribution < 1.29 is 5.76 Å². The predicted octanol–water partition coefficient (Wildman–Crippen LogP) is 8.08. The minimum absolute atomic E-state index is 0.00958. The monoisotopic (exact) mass is 614 g/mol. The minimum atomic E-state index is -1.59. The van der Waals surface area contributed by atoms with Gasteiger partial charge >= 0.3 is 0 Å². The number of benzene rings is 3. The molecule has 202 valence electrons. The first kappa shape index (κ1) is 25.5. The van der Waals surface area contributed by atoms with E-state index in [2.05, 4.69) is 32.6 Å². The van der Waals surface area contributed by atoms with Gasteiger partial charge in [0.1, 0.15) is 6.07 Å². The van der Waals surface area contributed by atoms with Gasteiger partial charge in [-0.05, 0) is 48.7 Å². The molecule has 40 heavy (non-hydrogen) atoms. The third-order valence-corrected chi connectivity index (χ3v) is 7.95. The maximum atomic E-state index is 15.0. The van der Waals surface area contributed by atoms with E-state index < -0.39 is 11.8 Å². The molecule has 1 fully saturated rings. The average molecular weight is 616 g/mol. The molecule has 7 nitrogen and oxygen atoms in total. The summed E-state index contributed by atoms with van der Waals surface area (Å²) in [6, 6.07) is 14.1. The van der Waals surface area contributed by atoms with Crippen LogP contribution in [0.3, 0.4) is 0 Å². The summed E-state index contributed by atoms with van der Waals surface area (Å²) in [5.41, 5.74) is 8.43. The van der Waals surface area contributed by atoms with Crippen LogP contribution in [0.4, 0.5) is 21.5 Å². The fourth-order valence-corrected chi connectivity index (χ4v) is 5.21. The van der Waals surface area contributed by atoms with Crippen molar-refractivity contribution in [3.05, 3.63) is 104 Å². The molecular formula is C28H20Cl4FN7. The number of halogens is 5. The van der Waals surface area contributed by atoms with E-state index in [1.165, 1.54) is 18.3 Å². The van der Waals surface area contributed by atoms with Crippen molar-refractivity contribution >= 4 is 74.4 Å². The molecule has 0 bridgehead atoms. The standard InChI is InChI=1S/C28H20Cl4FN7/c29-19-4-2-1-3-17(19)28(23-13-40(39-38-23)16-5-6-16)36-15-9-18-26(14(11-34)12-35-27(18)21(31)10-15)37-22-8-7-20(30)24(32)25(22)33/h1-4,7-10,12-13,16,28,36,38-39H,5-6H2,(H,35,37)/t28-/m1/s1/i28D. The fraction of sp³-hybridized carbons (Fsp3) is 0.143. The Labute approximate surface area is 250 Å². The van der Waals surface area contributed by atoms with Crippen LogP contribution in [0, 0.1) is 17.1 Å². The van der Waals surface area contributed by atoms with Crippen LogP contribution in [0.25, 0.3) is 10.9 Å². The molecule has 0 amide bonds. The average Bonchev–Trinajstić information content (AvgIpc) is 3.69. The lowest BCUT2D eigenvalue weighted by Gasteiger charge is -2.23. The molecule has 0 radical (unpaired) electrons. The Morgan fingerprint density at radius 2 is 1.90 bits per heavy atom. The second kappa shape index (κ2) is 10.8. The molecule has 12 heteroatoms. The fourth-order valence-electron chi connectivity index (χ4n) is 4.40. The Kier molecular flexibility index (Phi) is 6.92. The highest BCUT2D eigenvalue weighted by molar-refractivity contribution is 6.42. The van der Waals surface area contributed by atoms with Gasteiger partial charge in [-0.25, -0.2) is 4.39 Å². The highest BCUT2D eigenvalue weighted by Gasteiger charge is 2.32. The zero-order chi connectivity index (χ0) is 28.9. The normalized spacial score (nSPS) is 16.6. The molecule has 2 aliphatic rings. The molecule has 1 aliphatic carbocycles. The summed E-state index contributed by atoms with van der Waals surface area (Å²) in [6.45, 7) is 0. The Morgan fingerprint density at radius 3 is 2.65 bits per heavy atom. The van der Waals surface area contributed by atoms with E-state index in [1.54, 1.807) is 36.4 Å². The molecule has 1 saturated carbocycles. The van der Waals surface area contributed by atoms with Gasteiger partial charge in [0.15, 0.2) is 5.82 Å². The van der Waals surface area contributed by atoms with Gasteiger partial charge in [-0.15, -0.1) is 5.53 Å². The van der Waals surface area contributed by atoms with E-state index >= 15 is 0 Å². The van der Waals surface area contributed by atoms with E-state index in [4.69, 9.17) is 46.4 Å². The Morgan fingerprint density at radius 1 is 1.10 bits per heavy atom. The van der Waals surface area contributed by atoms with E-state index in [9.17, 15) is 11.0 Å². The largest absolute Gasteiger partial charge is 0.373 e. The molecule has 1 aromatic heterocycles. The van der Waals surface area contributed by atoms with Crippen LogP contribution < -0.4 is 21.6 Å². The van der Waals surface area contributed by atoms with Crippen LogP contribution in [0.2, 0.25) is 20.1 Å². The van der Waals surface area contributed by atoms with Crippen molar-refractivity contribution in [1.29, 1.82) is 5.26 Å². The molecule has 1 aliphatic heterocycles. The number of anilines is 3. The second-order valence-electron chi connectivity index (χ2n) is 9.26. The zero-order valence-corrected chi connectivity index (χ0v) is 23.5. The van der Waals surface area contributed by atoms with Crippen molar-refractivity contribution in [2.24, 2.45) is 0 Å².